The summed E-state index contributed by atoms with van der Waals surface area (Å²) in [4.78, 5) is 0. The lowest BCUT2D eigenvalue weighted by Gasteiger charge is -2.04. The van der Waals surface area contributed by atoms with Gasteiger partial charge in [0.1, 0.15) is 0 Å². The number of rotatable bonds is 28. The molecule has 0 rings (SSSR count). The van der Waals surface area contributed by atoms with Crippen LogP contribution in [-0.4, -0.2) is 26.4 Å². The third kappa shape index (κ3) is 39.1. The molecule has 0 unspecified atom stereocenters. The monoisotopic (exact) mass is 485 g/mol. The first-order valence-corrected chi connectivity index (χ1v) is 16.0. The van der Waals surface area contributed by atoms with Gasteiger partial charge in [-0.1, -0.05) is 156 Å². The highest BCUT2D eigenvalue weighted by atomic mass is 16.5. The molecule has 0 aromatic carbocycles. The summed E-state index contributed by atoms with van der Waals surface area (Å²) < 4.78 is 11.3. The average Bonchev–Trinajstić information content (AvgIpc) is 2.85. The van der Waals surface area contributed by atoms with E-state index in [1.807, 2.05) is 0 Å². The fraction of sp³-hybridized carbons (Fsp3) is 1.00. The Morgan fingerprint density at radius 1 is 0.235 bits per heavy atom. The van der Waals surface area contributed by atoms with E-state index in [0.29, 0.717) is 0 Å². The largest absolute Gasteiger partial charge is 0.381 e. The molecule has 0 radical (unpaired) electrons. The molecular formula is C32H68O2. The maximum Gasteiger partial charge on any atom is 0.0466 e. The molecule has 0 bridgehead atoms. The van der Waals surface area contributed by atoms with Gasteiger partial charge in [0, 0.05) is 26.4 Å². The molecule has 0 atom stereocenters. The smallest absolute Gasteiger partial charge is 0.0466 e. The standard InChI is InChI=1S/2C16H34O/c2*1-3-5-7-9-11-13-15-17-16-14-12-10-8-6-4-2/h2*3-16H2,1-2H3. The first-order valence-electron chi connectivity index (χ1n) is 16.0. The van der Waals surface area contributed by atoms with Crippen molar-refractivity contribution < 1.29 is 9.47 Å². The summed E-state index contributed by atoms with van der Waals surface area (Å²) in [7, 11) is 0. The molecular weight excluding hydrogens is 416 g/mol. The minimum atomic E-state index is 0.987. The molecule has 0 aliphatic heterocycles. The van der Waals surface area contributed by atoms with Crippen LogP contribution in [0.15, 0.2) is 0 Å². The average molecular weight is 485 g/mol. The van der Waals surface area contributed by atoms with Gasteiger partial charge in [0.15, 0.2) is 0 Å². The summed E-state index contributed by atoms with van der Waals surface area (Å²) in [6, 6.07) is 0. The van der Waals surface area contributed by atoms with Gasteiger partial charge < -0.3 is 9.47 Å². The second-order valence-corrected chi connectivity index (χ2v) is 10.3. The first-order chi connectivity index (χ1) is 16.8. The maximum atomic E-state index is 5.65. The maximum absolute atomic E-state index is 5.65. The molecule has 0 heterocycles. The molecule has 0 aliphatic rings. The molecule has 0 saturated carbocycles. The third-order valence-corrected chi connectivity index (χ3v) is 6.57. The minimum absolute atomic E-state index is 0.987. The summed E-state index contributed by atoms with van der Waals surface area (Å²) in [5.74, 6) is 0. The van der Waals surface area contributed by atoms with Crippen LogP contribution in [0.3, 0.4) is 0 Å². The van der Waals surface area contributed by atoms with Crippen molar-refractivity contribution in [3.05, 3.63) is 0 Å². The van der Waals surface area contributed by atoms with Crippen LogP contribution in [-0.2, 0) is 9.47 Å². The molecule has 0 fully saturated rings. The van der Waals surface area contributed by atoms with Crippen molar-refractivity contribution in [3.63, 3.8) is 0 Å². The Hall–Kier alpha value is -0.0800. The highest BCUT2D eigenvalue weighted by Crippen LogP contribution is 2.08. The Kier molecular flexibility index (Phi) is 39.8. The minimum Gasteiger partial charge on any atom is -0.381 e. The van der Waals surface area contributed by atoms with Crippen LogP contribution < -0.4 is 0 Å². The van der Waals surface area contributed by atoms with E-state index in [4.69, 9.17) is 9.47 Å². The summed E-state index contributed by atoms with van der Waals surface area (Å²) in [6.45, 7) is 13.0. The van der Waals surface area contributed by atoms with Crippen LogP contribution in [0.5, 0.6) is 0 Å². The van der Waals surface area contributed by atoms with Gasteiger partial charge >= 0.3 is 0 Å². The molecule has 0 aromatic rings. The van der Waals surface area contributed by atoms with Gasteiger partial charge in [0.2, 0.25) is 0 Å². The lowest BCUT2D eigenvalue weighted by Crippen LogP contribution is -1.97. The second-order valence-electron chi connectivity index (χ2n) is 10.3. The van der Waals surface area contributed by atoms with Gasteiger partial charge in [0.05, 0.1) is 0 Å². The first kappa shape index (κ1) is 36.1. The summed E-state index contributed by atoms with van der Waals surface area (Å²) in [5.41, 5.74) is 0. The highest BCUT2D eigenvalue weighted by Gasteiger charge is 1.94. The lowest BCUT2D eigenvalue weighted by atomic mass is 10.1. The molecule has 0 aliphatic carbocycles. The predicted octanol–water partition coefficient (Wildman–Crippen LogP) is 11.4. The fourth-order valence-corrected chi connectivity index (χ4v) is 4.14. The molecule has 2 heteroatoms. The van der Waals surface area contributed by atoms with Gasteiger partial charge in [-0.3, -0.25) is 0 Å². The summed E-state index contributed by atoms with van der Waals surface area (Å²) in [6.07, 6.45) is 32.7. The number of hydrogen-bond acceptors (Lipinski definition) is 2. The van der Waals surface area contributed by atoms with E-state index in [-0.39, 0.29) is 0 Å². The number of unbranched alkanes of at least 4 members (excludes halogenated alkanes) is 20. The van der Waals surface area contributed by atoms with E-state index in [2.05, 4.69) is 27.7 Å². The van der Waals surface area contributed by atoms with Crippen molar-refractivity contribution >= 4 is 0 Å². The zero-order valence-electron chi connectivity index (χ0n) is 24.6. The quantitative estimate of drug-likeness (QED) is 0.103. The highest BCUT2D eigenvalue weighted by molar-refractivity contribution is 4.47. The fourth-order valence-electron chi connectivity index (χ4n) is 4.14. The summed E-state index contributed by atoms with van der Waals surface area (Å²) in [5, 5.41) is 0. The third-order valence-electron chi connectivity index (χ3n) is 6.57. The van der Waals surface area contributed by atoms with Crippen molar-refractivity contribution in [2.24, 2.45) is 0 Å². The normalized spacial score (nSPS) is 10.9. The van der Waals surface area contributed by atoms with Crippen LogP contribution in [0.4, 0.5) is 0 Å². The van der Waals surface area contributed by atoms with Crippen LogP contribution in [0.1, 0.15) is 182 Å². The van der Waals surface area contributed by atoms with E-state index in [1.165, 1.54) is 154 Å². The number of ether oxygens (including phenoxy) is 2. The van der Waals surface area contributed by atoms with Crippen LogP contribution >= 0.6 is 0 Å². The Balaban J connectivity index is 0. The van der Waals surface area contributed by atoms with Crippen LogP contribution in [0.2, 0.25) is 0 Å². The zero-order chi connectivity index (χ0) is 25.2. The van der Waals surface area contributed by atoms with Gasteiger partial charge in [-0.25, -0.2) is 0 Å². The van der Waals surface area contributed by atoms with Gasteiger partial charge in [-0.2, -0.15) is 0 Å². The predicted molar refractivity (Wildman–Crippen MR) is 155 cm³/mol. The van der Waals surface area contributed by atoms with Crippen molar-refractivity contribution in [1.82, 2.24) is 0 Å². The Labute approximate surface area is 217 Å². The molecule has 2 nitrogen and oxygen atoms in total. The van der Waals surface area contributed by atoms with Crippen molar-refractivity contribution in [1.29, 1.82) is 0 Å². The number of hydrogen-bond donors (Lipinski definition) is 0. The molecule has 0 N–H and O–H groups in total. The lowest BCUT2D eigenvalue weighted by molar-refractivity contribution is 0.125. The van der Waals surface area contributed by atoms with Gasteiger partial charge in [0.25, 0.3) is 0 Å². The SMILES string of the molecule is CCCCCCCCOCCCCCCCC.CCCCCCCCOCCCCCCCC. The molecule has 0 amide bonds. The van der Waals surface area contributed by atoms with Gasteiger partial charge in [-0.05, 0) is 25.7 Å². The van der Waals surface area contributed by atoms with E-state index < -0.39 is 0 Å². The Morgan fingerprint density at radius 3 is 0.618 bits per heavy atom. The molecule has 0 saturated heterocycles. The Bertz CT molecular complexity index is 247. The zero-order valence-corrected chi connectivity index (χ0v) is 24.6. The van der Waals surface area contributed by atoms with Crippen molar-refractivity contribution in [2.45, 2.75) is 182 Å². The van der Waals surface area contributed by atoms with Crippen LogP contribution in [0.25, 0.3) is 0 Å². The molecule has 208 valence electrons. The van der Waals surface area contributed by atoms with E-state index >= 15 is 0 Å². The van der Waals surface area contributed by atoms with Crippen molar-refractivity contribution in [2.75, 3.05) is 26.4 Å². The van der Waals surface area contributed by atoms with Gasteiger partial charge in [-0.15, -0.1) is 0 Å². The molecule has 0 spiro atoms. The van der Waals surface area contributed by atoms with Crippen LogP contribution in [0, 0.1) is 0 Å². The summed E-state index contributed by atoms with van der Waals surface area (Å²) >= 11 is 0. The molecule has 34 heavy (non-hydrogen) atoms. The topological polar surface area (TPSA) is 18.5 Å². The Morgan fingerprint density at radius 2 is 0.412 bits per heavy atom. The van der Waals surface area contributed by atoms with E-state index in [9.17, 15) is 0 Å². The molecule has 0 aromatic heterocycles. The van der Waals surface area contributed by atoms with E-state index in [1.54, 1.807) is 0 Å². The van der Waals surface area contributed by atoms with E-state index in [0.717, 1.165) is 26.4 Å². The second kappa shape index (κ2) is 37.5. The van der Waals surface area contributed by atoms with Crippen molar-refractivity contribution in [3.8, 4) is 0 Å².